The van der Waals surface area contributed by atoms with E-state index >= 15 is 0 Å². The Labute approximate surface area is 158 Å². The molecule has 0 spiro atoms. The fraction of sp³-hybridized carbons (Fsp3) is 0.286. The van der Waals surface area contributed by atoms with E-state index in [4.69, 9.17) is 0 Å². The van der Waals surface area contributed by atoms with Gasteiger partial charge in [-0.3, -0.25) is 14.0 Å². The van der Waals surface area contributed by atoms with E-state index < -0.39 is 0 Å². The van der Waals surface area contributed by atoms with Gasteiger partial charge in [0.1, 0.15) is 0 Å². The zero-order chi connectivity index (χ0) is 19.2. The Morgan fingerprint density at radius 2 is 1.93 bits per heavy atom. The molecule has 0 saturated heterocycles. The Balaban J connectivity index is 1.81. The molecule has 2 aromatic heterocycles. The number of fused-ring (bicyclic) bond motifs is 1. The minimum Gasteiger partial charge on any atom is -0.349 e. The maximum atomic E-state index is 12.7. The van der Waals surface area contributed by atoms with Crippen LogP contribution in [0.1, 0.15) is 52.0 Å². The summed E-state index contributed by atoms with van der Waals surface area (Å²) in [7, 11) is 0. The lowest BCUT2D eigenvalue weighted by molar-refractivity contribution is 0.0942. The molecule has 6 nitrogen and oxygen atoms in total. The molecule has 27 heavy (non-hydrogen) atoms. The Kier molecular flexibility index (Phi) is 5.86. The molecule has 2 amide bonds. The molecule has 0 aliphatic heterocycles. The van der Waals surface area contributed by atoms with Gasteiger partial charge in [0.2, 0.25) is 5.82 Å². The first kappa shape index (κ1) is 18.6. The molecule has 0 atom stereocenters. The van der Waals surface area contributed by atoms with E-state index in [0.717, 1.165) is 24.0 Å². The predicted octanol–water partition coefficient (Wildman–Crippen LogP) is 3.10. The molecule has 0 aliphatic rings. The fourth-order valence-corrected chi connectivity index (χ4v) is 2.91. The average Bonchev–Trinajstić information content (AvgIpc) is 3.06. The monoisotopic (exact) mass is 364 g/mol. The van der Waals surface area contributed by atoms with Crippen molar-refractivity contribution in [2.24, 2.45) is 0 Å². The summed E-state index contributed by atoms with van der Waals surface area (Å²) in [5.74, 6) is -0.349. The number of aryl methyl sites for hydroxylation is 1. The maximum absolute atomic E-state index is 12.7. The molecule has 3 rings (SSSR count). The molecule has 0 aliphatic carbocycles. The van der Waals surface area contributed by atoms with Crippen LogP contribution in [0.2, 0.25) is 0 Å². The number of nitrogens with zero attached hydrogens (tertiary/aromatic N) is 2. The number of imidazole rings is 1. The number of carbonyl (C=O) groups is 2. The van der Waals surface area contributed by atoms with E-state index in [1.807, 2.05) is 43.3 Å². The van der Waals surface area contributed by atoms with E-state index in [-0.39, 0.29) is 23.3 Å². The second kappa shape index (κ2) is 8.49. The van der Waals surface area contributed by atoms with Crippen molar-refractivity contribution < 1.29 is 9.59 Å². The number of aromatic nitrogens is 2. The number of nitrogens with one attached hydrogen (secondary N) is 2. The summed E-state index contributed by atoms with van der Waals surface area (Å²) in [5.41, 5.74) is 3.02. The molecule has 0 saturated carbocycles. The van der Waals surface area contributed by atoms with Gasteiger partial charge < -0.3 is 10.6 Å². The van der Waals surface area contributed by atoms with E-state index in [9.17, 15) is 9.59 Å². The van der Waals surface area contributed by atoms with Crippen LogP contribution in [-0.4, -0.2) is 27.7 Å². The fourth-order valence-electron chi connectivity index (χ4n) is 2.91. The summed E-state index contributed by atoms with van der Waals surface area (Å²) in [5, 5.41) is 5.75. The molecule has 3 aromatic rings. The lowest BCUT2D eigenvalue weighted by Crippen LogP contribution is -2.27. The number of amides is 2. The molecule has 0 unspecified atom stereocenters. The summed E-state index contributed by atoms with van der Waals surface area (Å²) >= 11 is 0. The van der Waals surface area contributed by atoms with Gasteiger partial charge in [-0.15, -0.1) is 0 Å². The van der Waals surface area contributed by atoms with Gasteiger partial charge in [-0.1, -0.05) is 49.2 Å². The highest BCUT2D eigenvalue weighted by atomic mass is 16.2. The SMILES string of the molecule is CCCCNC(=O)c1nc(C(=O)NCc2cccc(C)c2)c2ccccn12. The largest absolute Gasteiger partial charge is 0.349 e. The lowest BCUT2D eigenvalue weighted by Gasteiger charge is -2.05. The Morgan fingerprint density at radius 3 is 2.70 bits per heavy atom. The predicted molar refractivity (Wildman–Crippen MR) is 105 cm³/mol. The van der Waals surface area contributed by atoms with Crippen LogP contribution in [0.25, 0.3) is 5.52 Å². The normalized spacial score (nSPS) is 10.7. The molecular weight excluding hydrogens is 340 g/mol. The van der Waals surface area contributed by atoms with E-state index in [2.05, 4.69) is 22.5 Å². The highest BCUT2D eigenvalue weighted by Gasteiger charge is 2.21. The first-order chi connectivity index (χ1) is 13.1. The molecule has 140 valence electrons. The van der Waals surface area contributed by atoms with Crippen LogP contribution in [0.3, 0.4) is 0 Å². The topological polar surface area (TPSA) is 75.5 Å². The van der Waals surface area contributed by atoms with Crippen molar-refractivity contribution in [3.63, 3.8) is 0 Å². The second-order valence-corrected chi connectivity index (χ2v) is 6.52. The Bertz CT molecular complexity index is 962. The van der Waals surface area contributed by atoms with Crippen LogP contribution in [0.4, 0.5) is 0 Å². The third-order valence-electron chi connectivity index (χ3n) is 4.32. The maximum Gasteiger partial charge on any atom is 0.287 e. The molecule has 0 radical (unpaired) electrons. The van der Waals surface area contributed by atoms with Crippen LogP contribution in [0.5, 0.6) is 0 Å². The summed E-state index contributed by atoms with van der Waals surface area (Å²) in [6.07, 6.45) is 3.64. The molecule has 0 fully saturated rings. The molecule has 2 heterocycles. The molecule has 2 N–H and O–H groups in total. The Morgan fingerprint density at radius 1 is 1.07 bits per heavy atom. The minimum absolute atomic E-state index is 0.224. The average molecular weight is 364 g/mol. The number of carbonyl (C=O) groups excluding carboxylic acids is 2. The third-order valence-corrected chi connectivity index (χ3v) is 4.32. The van der Waals surface area contributed by atoms with Gasteiger partial charge >= 0.3 is 0 Å². The first-order valence-corrected chi connectivity index (χ1v) is 9.19. The van der Waals surface area contributed by atoms with Crippen LogP contribution < -0.4 is 10.6 Å². The summed E-state index contributed by atoms with van der Waals surface area (Å²) in [6.45, 7) is 5.07. The number of benzene rings is 1. The molecule has 0 bridgehead atoms. The van der Waals surface area contributed by atoms with Crippen molar-refractivity contribution >= 4 is 17.3 Å². The van der Waals surface area contributed by atoms with E-state index in [1.54, 1.807) is 16.7 Å². The van der Waals surface area contributed by atoms with Crippen LogP contribution in [0.15, 0.2) is 48.7 Å². The van der Waals surface area contributed by atoms with Crippen LogP contribution >= 0.6 is 0 Å². The number of pyridine rings is 1. The van der Waals surface area contributed by atoms with Gasteiger partial charge in [0.25, 0.3) is 11.8 Å². The third kappa shape index (κ3) is 4.34. The molecular formula is C21H24N4O2. The van der Waals surface area contributed by atoms with E-state index in [1.165, 1.54) is 0 Å². The number of rotatable bonds is 7. The molecule has 1 aromatic carbocycles. The van der Waals surface area contributed by atoms with Gasteiger partial charge in [0.15, 0.2) is 5.69 Å². The van der Waals surface area contributed by atoms with Gasteiger partial charge in [-0.05, 0) is 31.0 Å². The summed E-state index contributed by atoms with van der Waals surface area (Å²) in [4.78, 5) is 29.5. The first-order valence-electron chi connectivity index (χ1n) is 9.19. The Hall–Kier alpha value is -3.15. The van der Waals surface area contributed by atoms with E-state index in [0.29, 0.717) is 18.6 Å². The lowest BCUT2D eigenvalue weighted by atomic mass is 10.1. The number of unbranched alkanes of at least 4 members (excludes halogenated alkanes) is 1. The summed E-state index contributed by atoms with van der Waals surface area (Å²) in [6, 6.07) is 13.4. The van der Waals surface area contributed by atoms with Gasteiger partial charge in [-0.2, -0.15) is 0 Å². The van der Waals surface area contributed by atoms with Gasteiger partial charge in [0.05, 0.1) is 5.52 Å². The minimum atomic E-state index is -0.298. The van der Waals surface area contributed by atoms with Crippen molar-refractivity contribution in [3.8, 4) is 0 Å². The quantitative estimate of drug-likeness (QED) is 0.633. The molecule has 6 heteroatoms. The van der Waals surface area contributed by atoms with Crippen LogP contribution in [0, 0.1) is 6.92 Å². The second-order valence-electron chi connectivity index (χ2n) is 6.52. The van der Waals surface area contributed by atoms with Crippen LogP contribution in [-0.2, 0) is 6.54 Å². The van der Waals surface area contributed by atoms with Crippen molar-refractivity contribution in [2.75, 3.05) is 6.54 Å². The van der Waals surface area contributed by atoms with Crippen molar-refractivity contribution in [1.29, 1.82) is 0 Å². The van der Waals surface area contributed by atoms with Crippen molar-refractivity contribution in [1.82, 2.24) is 20.0 Å². The standard InChI is InChI=1S/C21H24N4O2/c1-3-4-11-22-21(27)19-24-18(17-10-5-6-12-25(17)19)20(26)23-14-16-9-7-8-15(2)13-16/h5-10,12-13H,3-4,11,14H2,1-2H3,(H,22,27)(H,23,26). The van der Waals surface area contributed by atoms with Gasteiger partial charge in [-0.25, -0.2) is 4.98 Å². The highest BCUT2D eigenvalue weighted by Crippen LogP contribution is 2.14. The summed E-state index contributed by atoms with van der Waals surface area (Å²) < 4.78 is 1.66. The van der Waals surface area contributed by atoms with Crippen molar-refractivity contribution in [2.45, 2.75) is 33.2 Å². The zero-order valence-corrected chi connectivity index (χ0v) is 15.7. The van der Waals surface area contributed by atoms with Crippen molar-refractivity contribution in [3.05, 3.63) is 71.3 Å². The highest BCUT2D eigenvalue weighted by molar-refractivity contribution is 6.02. The number of hydrogen-bond donors (Lipinski definition) is 2. The number of hydrogen-bond acceptors (Lipinski definition) is 3. The zero-order valence-electron chi connectivity index (χ0n) is 15.7. The van der Waals surface area contributed by atoms with Gasteiger partial charge in [0, 0.05) is 19.3 Å². The smallest absolute Gasteiger partial charge is 0.287 e.